The summed E-state index contributed by atoms with van der Waals surface area (Å²) in [6, 6.07) is 18.2. The monoisotopic (exact) mass is 417 g/mol. The van der Waals surface area contributed by atoms with Crippen molar-refractivity contribution in [2.75, 3.05) is 7.11 Å². The smallest absolute Gasteiger partial charge is 0.244 e. The molecule has 0 radical (unpaired) electrons. The van der Waals surface area contributed by atoms with Gasteiger partial charge in [-0.05, 0) is 60.7 Å². The van der Waals surface area contributed by atoms with Crippen LogP contribution in [0.5, 0.6) is 5.75 Å². The molecule has 3 rings (SSSR count). The van der Waals surface area contributed by atoms with Crippen LogP contribution in [0.15, 0.2) is 59.7 Å². The maximum absolute atomic E-state index is 12.2. The lowest BCUT2D eigenvalue weighted by molar-refractivity contribution is -0.120. The number of carbonyl (C=O) groups excluding carboxylic acids is 1. The van der Waals surface area contributed by atoms with Gasteiger partial charge >= 0.3 is 0 Å². The summed E-state index contributed by atoms with van der Waals surface area (Å²) in [5.74, 6) is 0.610. The van der Waals surface area contributed by atoms with Gasteiger partial charge < -0.3 is 9.30 Å². The van der Waals surface area contributed by atoms with E-state index in [1.807, 2.05) is 24.3 Å². The average Bonchev–Trinajstić information content (AvgIpc) is 3.01. The van der Waals surface area contributed by atoms with Crippen molar-refractivity contribution in [3.8, 4) is 11.4 Å². The summed E-state index contributed by atoms with van der Waals surface area (Å²) < 4.78 is 7.34. The standard InChI is InChI=1S/C26H31N3O2/c1-18-15-21(17-27-28-25(30)16-20-7-13-24(31-6)14-8-20)19(2)29(18)23-11-9-22(10-12-23)26(3,4)5/h7-15,17H,16H2,1-6H3,(H,28,30)/b27-17+. The Hall–Kier alpha value is -3.34. The van der Waals surface area contributed by atoms with Crippen LogP contribution in [0.3, 0.4) is 0 Å². The van der Waals surface area contributed by atoms with Crippen molar-refractivity contribution < 1.29 is 9.53 Å². The Balaban J connectivity index is 1.68. The molecule has 1 heterocycles. The lowest BCUT2D eigenvalue weighted by atomic mass is 9.87. The first-order valence-corrected chi connectivity index (χ1v) is 10.4. The van der Waals surface area contributed by atoms with E-state index in [9.17, 15) is 4.79 Å². The predicted molar refractivity (Wildman–Crippen MR) is 126 cm³/mol. The number of hydrogen-bond donors (Lipinski definition) is 1. The van der Waals surface area contributed by atoms with Gasteiger partial charge in [0.25, 0.3) is 0 Å². The van der Waals surface area contributed by atoms with Gasteiger partial charge in [0.15, 0.2) is 0 Å². The number of nitrogens with zero attached hydrogens (tertiary/aromatic N) is 2. The summed E-state index contributed by atoms with van der Waals surface area (Å²) in [7, 11) is 1.62. The molecule has 5 nitrogen and oxygen atoms in total. The van der Waals surface area contributed by atoms with Gasteiger partial charge in [-0.15, -0.1) is 0 Å². The number of hydrogen-bond acceptors (Lipinski definition) is 3. The molecule has 0 bridgehead atoms. The highest BCUT2D eigenvalue weighted by Crippen LogP contribution is 2.25. The normalized spacial score (nSPS) is 11.7. The molecule has 162 valence electrons. The van der Waals surface area contributed by atoms with E-state index in [4.69, 9.17) is 4.74 Å². The largest absolute Gasteiger partial charge is 0.497 e. The highest BCUT2D eigenvalue weighted by atomic mass is 16.5. The minimum Gasteiger partial charge on any atom is -0.497 e. The van der Waals surface area contributed by atoms with Crippen LogP contribution in [-0.4, -0.2) is 23.8 Å². The van der Waals surface area contributed by atoms with E-state index in [1.165, 1.54) is 5.56 Å². The van der Waals surface area contributed by atoms with Gasteiger partial charge in [0.2, 0.25) is 5.91 Å². The number of hydrazone groups is 1. The fourth-order valence-corrected chi connectivity index (χ4v) is 3.57. The SMILES string of the molecule is COc1ccc(CC(=O)N/N=C/c2cc(C)n(-c3ccc(C(C)(C)C)cc3)c2C)cc1. The van der Waals surface area contributed by atoms with Gasteiger partial charge in [-0.25, -0.2) is 5.43 Å². The molecule has 0 fully saturated rings. The second kappa shape index (κ2) is 9.21. The number of rotatable bonds is 6. The van der Waals surface area contributed by atoms with Crippen LogP contribution in [0.1, 0.15) is 48.8 Å². The molecule has 5 heteroatoms. The van der Waals surface area contributed by atoms with Crippen molar-refractivity contribution in [2.24, 2.45) is 5.10 Å². The third kappa shape index (κ3) is 5.43. The third-order valence-corrected chi connectivity index (χ3v) is 5.38. The number of carbonyl (C=O) groups is 1. The minimum absolute atomic E-state index is 0.126. The van der Waals surface area contributed by atoms with E-state index < -0.39 is 0 Å². The van der Waals surface area contributed by atoms with Gasteiger partial charge in [-0.3, -0.25) is 4.79 Å². The second-order valence-electron chi connectivity index (χ2n) is 8.78. The predicted octanol–water partition coefficient (Wildman–Crippen LogP) is 5.09. The zero-order valence-corrected chi connectivity index (χ0v) is 19.2. The van der Waals surface area contributed by atoms with E-state index in [2.05, 4.69) is 80.0 Å². The Morgan fingerprint density at radius 2 is 1.71 bits per heavy atom. The molecule has 2 aromatic carbocycles. The summed E-state index contributed by atoms with van der Waals surface area (Å²) in [5, 5.41) is 4.16. The van der Waals surface area contributed by atoms with E-state index in [-0.39, 0.29) is 17.7 Å². The van der Waals surface area contributed by atoms with Gasteiger partial charge in [-0.1, -0.05) is 45.0 Å². The van der Waals surface area contributed by atoms with Crippen molar-refractivity contribution in [1.82, 2.24) is 9.99 Å². The van der Waals surface area contributed by atoms with Crippen molar-refractivity contribution in [3.05, 3.63) is 82.7 Å². The minimum atomic E-state index is -0.159. The van der Waals surface area contributed by atoms with Crippen molar-refractivity contribution in [1.29, 1.82) is 0 Å². The maximum Gasteiger partial charge on any atom is 0.244 e. The second-order valence-corrected chi connectivity index (χ2v) is 8.78. The molecule has 0 saturated heterocycles. The summed E-state index contributed by atoms with van der Waals surface area (Å²) in [6.45, 7) is 10.8. The zero-order chi connectivity index (χ0) is 22.6. The maximum atomic E-state index is 12.2. The molecule has 0 unspecified atom stereocenters. The van der Waals surface area contributed by atoms with Crippen LogP contribution in [0, 0.1) is 13.8 Å². The molecular weight excluding hydrogens is 386 g/mol. The van der Waals surface area contributed by atoms with Crippen LogP contribution in [0.25, 0.3) is 5.69 Å². The molecule has 0 spiro atoms. The number of amides is 1. The topological polar surface area (TPSA) is 55.6 Å². The van der Waals surface area contributed by atoms with Crippen LogP contribution in [0.4, 0.5) is 0 Å². The molecule has 1 N–H and O–H groups in total. The molecule has 1 amide bonds. The summed E-state index contributed by atoms with van der Waals surface area (Å²) >= 11 is 0. The van der Waals surface area contributed by atoms with E-state index in [1.54, 1.807) is 13.3 Å². The van der Waals surface area contributed by atoms with E-state index in [0.29, 0.717) is 0 Å². The molecule has 31 heavy (non-hydrogen) atoms. The Morgan fingerprint density at radius 1 is 1.06 bits per heavy atom. The fourth-order valence-electron chi connectivity index (χ4n) is 3.57. The number of methoxy groups -OCH3 is 1. The van der Waals surface area contributed by atoms with Crippen molar-refractivity contribution in [2.45, 2.75) is 46.5 Å². The molecule has 0 atom stereocenters. The molecular formula is C26H31N3O2. The average molecular weight is 418 g/mol. The number of aryl methyl sites for hydroxylation is 1. The quantitative estimate of drug-likeness (QED) is 0.448. The summed E-state index contributed by atoms with van der Waals surface area (Å²) in [5.41, 5.74) is 9.24. The number of ether oxygens (including phenoxy) is 1. The third-order valence-electron chi connectivity index (χ3n) is 5.38. The molecule has 1 aromatic heterocycles. The highest BCUT2D eigenvalue weighted by molar-refractivity contribution is 5.84. The molecule has 0 aliphatic rings. The van der Waals surface area contributed by atoms with Gasteiger partial charge in [-0.2, -0.15) is 5.10 Å². The summed E-state index contributed by atoms with van der Waals surface area (Å²) in [6.07, 6.45) is 1.97. The molecule has 3 aromatic rings. The Bertz CT molecular complexity index is 1070. The van der Waals surface area contributed by atoms with E-state index in [0.717, 1.165) is 34.0 Å². The fraction of sp³-hybridized carbons (Fsp3) is 0.308. The van der Waals surface area contributed by atoms with Gasteiger partial charge in [0.05, 0.1) is 19.7 Å². The van der Waals surface area contributed by atoms with Crippen LogP contribution < -0.4 is 10.2 Å². The Morgan fingerprint density at radius 3 is 2.29 bits per heavy atom. The molecule has 0 saturated carbocycles. The lowest BCUT2D eigenvalue weighted by Crippen LogP contribution is -2.19. The Labute approximate surface area is 184 Å². The number of nitrogens with one attached hydrogen (secondary N) is 1. The van der Waals surface area contributed by atoms with Crippen LogP contribution in [-0.2, 0) is 16.6 Å². The van der Waals surface area contributed by atoms with Crippen LogP contribution in [0.2, 0.25) is 0 Å². The number of aromatic nitrogens is 1. The van der Waals surface area contributed by atoms with E-state index >= 15 is 0 Å². The molecule has 0 aliphatic heterocycles. The first-order chi connectivity index (χ1) is 14.7. The first-order valence-electron chi connectivity index (χ1n) is 10.4. The van der Waals surface area contributed by atoms with Crippen LogP contribution >= 0.6 is 0 Å². The van der Waals surface area contributed by atoms with Crippen molar-refractivity contribution in [3.63, 3.8) is 0 Å². The lowest BCUT2D eigenvalue weighted by Gasteiger charge is -2.20. The van der Waals surface area contributed by atoms with Gasteiger partial charge in [0.1, 0.15) is 5.75 Å². The Kier molecular flexibility index (Phi) is 6.64. The first kappa shape index (κ1) is 22.3. The number of benzene rings is 2. The zero-order valence-electron chi connectivity index (χ0n) is 19.2. The molecule has 0 aliphatic carbocycles. The summed E-state index contributed by atoms with van der Waals surface area (Å²) in [4.78, 5) is 12.2. The van der Waals surface area contributed by atoms with Gasteiger partial charge in [0, 0.05) is 22.6 Å². The highest BCUT2D eigenvalue weighted by Gasteiger charge is 2.14. The van der Waals surface area contributed by atoms with Crippen molar-refractivity contribution >= 4 is 12.1 Å².